The molecule has 0 saturated heterocycles. The lowest BCUT2D eigenvalue weighted by atomic mass is 9.87. The smallest absolute Gasteiger partial charge is 0.135 e. The summed E-state index contributed by atoms with van der Waals surface area (Å²) in [6.07, 6.45) is 0. The predicted molar refractivity (Wildman–Crippen MR) is 239 cm³/mol. The number of hydrogen-bond acceptors (Lipinski definition) is 1. The second-order valence-electron chi connectivity index (χ2n) is 14.9. The van der Waals surface area contributed by atoms with Crippen molar-refractivity contribution in [2.45, 2.75) is 0 Å². The Labute approximate surface area is 328 Å². The largest absolute Gasteiger partial charge is 0.456 e. The Balaban J connectivity index is 1.16. The minimum atomic E-state index is 0.888. The van der Waals surface area contributed by atoms with Gasteiger partial charge in [-0.15, -0.1) is 0 Å². The van der Waals surface area contributed by atoms with Crippen LogP contribution in [-0.4, -0.2) is 9.13 Å². The average molecular weight is 727 g/mol. The van der Waals surface area contributed by atoms with Gasteiger partial charge in [0.25, 0.3) is 0 Å². The lowest BCUT2D eigenvalue weighted by Gasteiger charge is -2.17. The minimum absolute atomic E-state index is 0.888. The van der Waals surface area contributed by atoms with Crippen molar-refractivity contribution in [1.29, 1.82) is 0 Å². The van der Waals surface area contributed by atoms with E-state index in [9.17, 15) is 0 Å². The van der Waals surface area contributed by atoms with Crippen LogP contribution in [0, 0.1) is 0 Å². The topological polar surface area (TPSA) is 23.0 Å². The Morgan fingerprint density at radius 1 is 0.281 bits per heavy atom. The molecule has 3 heteroatoms. The molecule has 57 heavy (non-hydrogen) atoms. The molecule has 266 valence electrons. The maximum atomic E-state index is 6.30. The van der Waals surface area contributed by atoms with E-state index in [-0.39, 0.29) is 0 Å². The van der Waals surface area contributed by atoms with Gasteiger partial charge in [0.2, 0.25) is 0 Å². The standard InChI is InChI=1S/C54H34N2O/c1-3-14-35(15-4-1)40-21-13-22-41(36-16-5-2-6-17-36)54(40)37-26-29-44-46-33-38(55-48-23-10-7-18-42(48)43-19-8-11-24-49(43)55)27-30-50(46)56(51(44)32-37)39-28-31-53-47(34-39)45-20-9-12-25-52(45)57-53/h1-34H. The summed E-state index contributed by atoms with van der Waals surface area (Å²) in [5, 5.41) is 7.14. The van der Waals surface area contributed by atoms with Crippen LogP contribution in [0.1, 0.15) is 0 Å². The van der Waals surface area contributed by atoms with Crippen LogP contribution in [0.15, 0.2) is 211 Å². The van der Waals surface area contributed by atoms with Crippen molar-refractivity contribution in [3.05, 3.63) is 206 Å². The van der Waals surface area contributed by atoms with Gasteiger partial charge in [-0.1, -0.05) is 146 Å². The van der Waals surface area contributed by atoms with Gasteiger partial charge >= 0.3 is 0 Å². The first-order valence-electron chi connectivity index (χ1n) is 19.5. The fourth-order valence-corrected chi connectivity index (χ4v) is 9.22. The molecule has 0 aliphatic rings. The second kappa shape index (κ2) is 12.5. The fourth-order valence-electron chi connectivity index (χ4n) is 9.22. The van der Waals surface area contributed by atoms with E-state index in [2.05, 4.69) is 203 Å². The van der Waals surface area contributed by atoms with Crippen LogP contribution in [0.3, 0.4) is 0 Å². The number of hydrogen-bond donors (Lipinski definition) is 0. The molecule has 0 bridgehead atoms. The molecule has 0 saturated carbocycles. The van der Waals surface area contributed by atoms with E-state index in [4.69, 9.17) is 4.42 Å². The zero-order valence-corrected chi connectivity index (χ0v) is 30.9. The van der Waals surface area contributed by atoms with Crippen molar-refractivity contribution in [3.8, 4) is 44.8 Å². The molecule has 0 aliphatic heterocycles. The first-order chi connectivity index (χ1) is 28.3. The van der Waals surface area contributed by atoms with Gasteiger partial charge in [-0.2, -0.15) is 0 Å². The van der Waals surface area contributed by atoms with Gasteiger partial charge in [-0.05, 0) is 94.0 Å². The maximum Gasteiger partial charge on any atom is 0.135 e. The van der Waals surface area contributed by atoms with Gasteiger partial charge in [0.05, 0.1) is 22.1 Å². The monoisotopic (exact) mass is 726 g/mol. The quantitative estimate of drug-likeness (QED) is 0.173. The number of aromatic nitrogens is 2. The summed E-state index contributed by atoms with van der Waals surface area (Å²) in [5.74, 6) is 0. The highest BCUT2D eigenvalue weighted by Crippen LogP contribution is 2.44. The Kier molecular flexibility index (Phi) is 6.93. The first-order valence-corrected chi connectivity index (χ1v) is 19.5. The Morgan fingerprint density at radius 3 is 1.47 bits per heavy atom. The van der Waals surface area contributed by atoms with Crippen LogP contribution in [0.25, 0.3) is 110 Å². The van der Waals surface area contributed by atoms with E-state index in [1.165, 1.54) is 66.0 Å². The Bertz CT molecular complexity index is 3400. The predicted octanol–water partition coefficient (Wildman–Crippen LogP) is 14.8. The third-order valence-electron chi connectivity index (χ3n) is 11.7. The van der Waals surface area contributed by atoms with Gasteiger partial charge in [0, 0.05) is 43.7 Å². The number of rotatable bonds is 5. The van der Waals surface area contributed by atoms with E-state index < -0.39 is 0 Å². The van der Waals surface area contributed by atoms with Crippen LogP contribution in [0.5, 0.6) is 0 Å². The van der Waals surface area contributed by atoms with Crippen molar-refractivity contribution in [2.24, 2.45) is 0 Å². The number of furan rings is 1. The van der Waals surface area contributed by atoms with Crippen molar-refractivity contribution in [3.63, 3.8) is 0 Å². The molecule has 0 unspecified atom stereocenters. The minimum Gasteiger partial charge on any atom is -0.456 e. The van der Waals surface area contributed by atoms with E-state index in [1.807, 2.05) is 12.1 Å². The lowest BCUT2D eigenvalue weighted by molar-refractivity contribution is 0.669. The summed E-state index contributed by atoms with van der Waals surface area (Å²) in [4.78, 5) is 0. The summed E-state index contributed by atoms with van der Waals surface area (Å²) < 4.78 is 11.2. The Morgan fingerprint density at radius 2 is 0.789 bits per heavy atom. The molecule has 0 atom stereocenters. The van der Waals surface area contributed by atoms with Crippen LogP contribution < -0.4 is 0 Å². The zero-order chi connectivity index (χ0) is 37.5. The van der Waals surface area contributed by atoms with E-state index in [0.29, 0.717) is 0 Å². The van der Waals surface area contributed by atoms with Crippen molar-refractivity contribution < 1.29 is 4.42 Å². The second-order valence-corrected chi connectivity index (χ2v) is 14.9. The highest BCUT2D eigenvalue weighted by atomic mass is 16.3. The summed E-state index contributed by atoms with van der Waals surface area (Å²) in [5.41, 5.74) is 15.9. The van der Waals surface area contributed by atoms with Gasteiger partial charge in [0.15, 0.2) is 0 Å². The molecule has 0 aliphatic carbocycles. The van der Waals surface area contributed by atoms with Crippen molar-refractivity contribution in [2.75, 3.05) is 0 Å². The van der Waals surface area contributed by atoms with Gasteiger partial charge in [-0.3, -0.25) is 0 Å². The molecule has 3 aromatic heterocycles. The molecular formula is C54H34N2O. The zero-order valence-electron chi connectivity index (χ0n) is 30.9. The molecule has 3 nitrogen and oxygen atoms in total. The van der Waals surface area contributed by atoms with E-state index in [1.54, 1.807) is 0 Å². The van der Waals surface area contributed by atoms with E-state index >= 15 is 0 Å². The number of para-hydroxylation sites is 3. The molecule has 0 N–H and O–H groups in total. The summed E-state index contributed by atoms with van der Waals surface area (Å²) in [6.45, 7) is 0. The van der Waals surface area contributed by atoms with Crippen LogP contribution in [-0.2, 0) is 0 Å². The summed E-state index contributed by atoms with van der Waals surface area (Å²) in [7, 11) is 0. The number of nitrogens with zero attached hydrogens (tertiary/aromatic N) is 2. The molecule has 0 radical (unpaired) electrons. The molecule has 3 heterocycles. The molecule has 9 aromatic carbocycles. The molecular weight excluding hydrogens is 693 g/mol. The molecule has 0 fully saturated rings. The van der Waals surface area contributed by atoms with Crippen LogP contribution in [0.2, 0.25) is 0 Å². The third kappa shape index (κ3) is 4.86. The summed E-state index contributed by atoms with van der Waals surface area (Å²) in [6, 6.07) is 74.6. The number of fused-ring (bicyclic) bond motifs is 9. The van der Waals surface area contributed by atoms with Crippen LogP contribution >= 0.6 is 0 Å². The fraction of sp³-hybridized carbons (Fsp3) is 0. The van der Waals surface area contributed by atoms with Crippen molar-refractivity contribution >= 4 is 65.6 Å². The van der Waals surface area contributed by atoms with Gasteiger partial charge < -0.3 is 13.6 Å². The SMILES string of the molecule is c1ccc(-c2cccc(-c3ccccc3)c2-c2ccc3c4cc(-n5c6ccccc6c6ccccc65)ccc4n(-c4ccc5oc6ccccc6c5c4)c3c2)cc1. The number of benzene rings is 9. The molecule has 12 aromatic rings. The first kappa shape index (κ1) is 31.7. The van der Waals surface area contributed by atoms with Gasteiger partial charge in [0.1, 0.15) is 11.2 Å². The highest BCUT2D eigenvalue weighted by molar-refractivity contribution is 6.14. The summed E-state index contributed by atoms with van der Waals surface area (Å²) >= 11 is 0. The lowest BCUT2D eigenvalue weighted by Crippen LogP contribution is -1.96. The Hall–Kier alpha value is -7.62. The molecule has 12 rings (SSSR count). The van der Waals surface area contributed by atoms with E-state index in [0.717, 1.165) is 44.3 Å². The normalized spacial score (nSPS) is 11.9. The third-order valence-corrected chi connectivity index (χ3v) is 11.7. The molecule has 0 amide bonds. The average Bonchev–Trinajstić information content (AvgIpc) is 3.93. The van der Waals surface area contributed by atoms with Crippen molar-refractivity contribution in [1.82, 2.24) is 9.13 Å². The van der Waals surface area contributed by atoms with Gasteiger partial charge in [-0.25, -0.2) is 0 Å². The highest BCUT2D eigenvalue weighted by Gasteiger charge is 2.20. The molecule has 0 spiro atoms. The van der Waals surface area contributed by atoms with Crippen LogP contribution in [0.4, 0.5) is 0 Å². The maximum absolute atomic E-state index is 6.30.